The summed E-state index contributed by atoms with van der Waals surface area (Å²) in [6, 6.07) is 15.7. The molecule has 14 heteroatoms. The van der Waals surface area contributed by atoms with Gasteiger partial charge in [0.2, 0.25) is 11.8 Å². The largest absolute Gasteiger partial charge is 0.484 e. The number of thioether (sulfide) groups is 1. The summed E-state index contributed by atoms with van der Waals surface area (Å²) in [5, 5.41) is 2.04. The molecule has 2 aliphatic rings. The molecule has 8 nitrogen and oxygen atoms in total. The fourth-order valence-electron chi connectivity index (χ4n) is 5.11. The predicted octanol–water partition coefficient (Wildman–Crippen LogP) is 5.41. The summed E-state index contributed by atoms with van der Waals surface area (Å²) in [5.41, 5.74) is -0.0666. The standard InChI is InChI=1S/C29H19F4N3O5S2/c30-16-6-8-18(9-7-16)36-26(38)22-21(23-25(35-28(40)43-23)42-24(22)27(36)39)14-4-10-19(11-5-14)41-13-20(37)34-17-3-1-2-15(12-17)29(31,32)33/h1-12,21-22,24H,13H2,(H,34,37)(H,35,40)/t21-,22?,24?/m1/s1. The number of imide groups is 1. The molecule has 3 atom stereocenters. The Morgan fingerprint density at radius 3 is 2.40 bits per heavy atom. The highest BCUT2D eigenvalue weighted by molar-refractivity contribution is 8.00. The number of carbonyl (C=O) groups excluding carboxylic acids is 3. The molecule has 6 rings (SSSR count). The Balaban J connectivity index is 1.21. The van der Waals surface area contributed by atoms with Crippen molar-refractivity contribution in [3.05, 3.63) is 104 Å². The van der Waals surface area contributed by atoms with Crippen LogP contribution in [0.5, 0.6) is 5.75 Å². The number of H-pyrrole nitrogens is 1. The second kappa shape index (κ2) is 11.0. The van der Waals surface area contributed by atoms with E-state index in [1.54, 1.807) is 24.3 Å². The summed E-state index contributed by atoms with van der Waals surface area (Å²) in [5.74, 6) is -3.35. The SMILES string of the molecule is O=C(COc1ccc([C@H]2c3sc(=O)[nH]c3SC3C(=O)N(c4ccc(F)cc4)C(=O)C32)cc1)Nc1cccc(C(F)(F)F)c1. The molecule has 2 aliphatic heterocycles. The Morgan fingerprint density at radius 1 is 0.977 bits per heavy atom. The Bertz CT molecular complexity index is 1790. The highest BCUT2D eigenvalue weighted by Crippen LogP contribution is 2.53. The summed E-state index contributed by atoms with van der Waals surface area (Å²) in [6.45, 7) is -0.483. The Labute approximate surface area is 248 Å². The van der Waals surface area contributed by atoms with Gasteiger partial charge in [0.15, 0.2) is 6.61 Å². The van der Waals surface area contributed by atoms with Crippen LogP contribution in [0.15, 0.2) is 82.6 Å². The number of halogens is 4. The van der Waals surface area contributed by atoms with Gasteiger partial charge in [0.1, 0.15) is 16.8 Å². The van der Waals surface area contributed by atoms with E-state index in [1.807, 2.05) is 0 Å². The molecular weight excluding hydrogens is 610 g/mol. The molecule has 0 spiro atoms. The molecule has 1 saturated heterocycles. The van der Waals surface area contributed by atoms with Crippen molar-refractivity contribution in [3.8, 4) is 5.75 Å². The van der Waals surface area contributed by atoms with Crippen LogP contribution in [-0.4, -0.2) is 34.6 Å². The number of fused-ring (bicyclic) bond motifs is 2. The average molecular weight is 630 g/mol. The molecular formula is C29H19F4N3O5S2. The molecule has 1 fully saturated rings. The number of ether oxygens (including phenoxy) is 1. The lowest BCUT2D eigenvalue weighted by Crippen LogP contribution is -2.32. The molecule has 0 saturated carbocycles. The van der Waals surface area contributed by atoms with Crippen molar-refractivity contribution in [1.29, 1.82) is 0 Å². The molecule has 2 unspecified atom stereocenters. The van der Waals surface area contributed by atoms with Crippen molar-refractivity contribution in [2.75, 3.05) is 16.8 Å². The lowest BCUT2D eigenvalue weighted by Gasteiger charge is -2.29. The molecule has 0 bridgehead atoms. The first-order valence-corrected chi connectivity index (χ1v) is 14.4. The fourth-order valence-corrected chi connectivity index (χ4v) is 7.63. The van der Waals surface area contributed by atoms with Crippen LogP contribution in [0.4, 0.5) is 28.9 Å². The first-order valence-electron chi connectivity index (χ1n) is 12.7. The number of carbonyl (C=O) groups is 3. The number of rotatable bonds is 6. The summed E-state index contributed by atoms with van der Waals surface area (Å²) in [4.78, 5) is 55.7. The zero-order valence-electron chi connectivity index (χ0n) is 21.7. The minimum Gasteiger partial charge on any atom is -0.484 e. The molecule has 2 N–H and O–H groups in total. The van der Waals surface area contributed by atoms with Crippen LogP contribution in [0.25, 0.3) is 0 Å². The predicted molar refractivity (Wildman–Crippen MR) is 151 cm³/mol. The lowest BCUT2D eigenvalue weighted by molar-refractivity contribution is -0.137. The number of thiazole rings is 1. The smallest absolute Gasteiger partial charge is 0.416 e. The average Bonchev–Trinajstić information content (AvgIpc) is 3.46. The normalized spacial score (nSPS) is 19.6. The summed E-state index contributed by atoms with van der Waals surface area (Å²) in [6.07, 6.45) is -4.55. The third-order valence-corrected chi connectivity index (χ3v) is 9.39. The number of amides is 3. The maximum absolute atomic E-state index is 13.7. The van der Waals surface area contributed by atoms with E-state index in [-0.39, 0.29) is 22.0 Å². The van der Waals surface area contributed by atoms with Crippen molar-refractivity contribution in [3.63, 3.8) is 0 Å². The number of alkyl halides is 3. The first kappa shape index (κ1) is 28.7. The number of hydrogen-bond acceptors (Lipinski definition) is 7. The van der Waals surface area contributed by atoms with Crippen LogP contribution in [0.3, 0.4) is 0 Å². The van der Waals surface area contributed by atoms with E-state index in [0.717, 1.165) is 52.3 Å². The van der Waals surface area contributed by atoms with Crippen molar-refractivity contribution in [1.82, 2.24) is 4.98 Å². The lowest BCUT2D eigenvalue weighted by atomic mass is 9.83. The molecule has 3 aromatic carbocycles. The van der Waals surface area contributed by atoms with Gasteiger partial charge in [-0.1, -0.05) is 41.3 Å². The van der Waals surface area contributed by atoms with Gasteiger partial charge in [0, 0.05) is 16.5 Å². The van der Waals surface area contributed by atoms with Gasteiger partial charge < -0.3 is 15.0 Å². The van der Waals surface area contributed by atoms with Crippen molar-refractivity contribution in [2.45, 2.75) is 22.4 Å². The number of nitrogens with zero attached hydrogens (tertiary/aromatic N) is 1. The van der Waals surface area contributed by atoms with Crippen molar-refractivity contribution < 1.29 is 36.7 Å². The maximum atomic E-state index is 13.7. The third kappa shape index (κ3) is 5.55. The highest BCUT2D eigenvalue weighted by atomic mass is 32.2. The summed E-state index contributed by atoms with van der Waals surface area (Å²) < 4.78 is 57.8. The van der Waals surface area contributed by atoms with Crippen molar-refractivity contribution >= 4 is 52.2 Å². The zero-order chi connectivity index (χ0) is 30.5. The zero-order valence-corrected chi connectivity index (χ0v) is 23.3. The number of benzene rings is 3. The van der Waals surface area contributed by atoms with E-state index in [4.69, 9.17) is 4.74 Å². The number of nitrogens with one attached hydrogen (secondary N) is 2. The van der Waals surface area contributed by atoms with E-state index in [9.17, 15) is 36.7 Å². The molecule has 43 heavy (non-hydrogen) atoms. The van der Waals surface area contributed by atoms with Gasteiger partial charge in [-0.25, -0.2) is 9.29 Å². The van der Waals surface area contributed by atoms with Gasteiger partial charge in [-0.3, -0.25) is 19.2 Å². The maximum Gasteiger partial charge on any atom is 0.416 e. The van der Waals surface area contributed by atoms with E-state index in [0.29, 0.717) is 15.5 Å². The minimum absolute atomic E-state index is 0.0322. The van der Waals surface area contributed by atoms with Gasteiger partial charge in [0.05, 0.1) is 22.2 Å². The molecule has 220 valence electrons. The van der Waals surface area contributed by atoms with Crippen LogP contribution < -0.4 is 19.8 Å². The molecule has 4 aromatic rings. The quantitative estimate of drug-likeness (QED) is 0.218. The topological polar surface area (TPSA) is 109 Å². The number of anilines is 2. The van der Waals surface area contributed by atoms with E-state index >= 15 is 0 Å². The summed E-state index contributed by atoms with van der Waals surface area (Å²) in [7, 11) is 0. The van der Waals surface area contributed by atoms with Gasteiger partial charge in [0.25, 0.3) is 5.91 Å². The second-order valence-corrected chi connectivity index (χ2v) is 11.9. The van der Waals surface area contributed by atoms with E-state index in [2.05, 4.69) is 10.3 Å². The number of aromatic amines is 1. The van der Waals surface area contributed by atoms with E-state index in [1.165, 1.54) is 24.3 Å². The van der Waals surface area contributed by atoms with Crippen LogP contribution in [-0.2, 0) is 20.6 Å². The Morgan fingerprint density at radius 2 is 1.70 bits per heavy atom. The molecule has 0 aliphatic carbocycles. The van der Waals surface area contributed by atoms with Gasteiger partial charge >= 0.3 is 11.0 Å². The van der Waals surface area contributed by atoms with E-state index < -0.39 is 59.0 Å². The van der Waals surface area contributed by atoms with Crippen LogP contribution >= 0.6 is 23.1 Å². The van der Waals surface area contributed by atoms with Crippen LogP contribution in [0, 0.1) is 11.7 Å². The third-order valence-electron chi connectivity index (χ3n) is 6.99. The molecule has 1 aromatic heterocycles. The van der Waals surface area contributed by atoms with Crippen molar-refractivity contribution in [2.24, 2.45) is 5.92 Å². The highest BCUT2D eigenvalue weighted by Gasteiger charge is 2.56. The van der Waals surface area contributed by atoms with Crippen LogP contribution in [0.1, 0.15) is 21.9 Å². The second-order valence-electron chi connectivity index (χ2n) is 9.72. The molecule has 0 radical (unpaired) electrons. The van der Waals surface area contributed by atoms with Crippen LogP contribution in [0.2, 0.25) is 0 Å². The Hall–Kier alpha value is -4.43. The molecule has 3 amide bonds. The number of aromatic nitrogens is 1. The first-order chi connectivity index (χ1) is 20.5. The number of hydrogen-bond donors (Lipinski definition) is 2. The monoisotopic (exact) mass is 629 g/mol. The Kier molecular flexibility index (Phi) is 7.34. The van der Waals surface area contributed by atoms with Gasteiger partial charge in [-0.2, -0.15) is 13.2 Å². The van der Waals surface area contributed by atoms with Gasteiger partial charge in [-0.15, -0.1) is 0 Å². The summed E-state index contributed by atoms with van der Waals surface area (Å²) >= 11 is 2.06. The van der Waals surface area contributed by atoms with Gasteiger partial charge in [-0.05, 0) is 60.2 Å². The fraction of sp³-hybridized carbons (Fsp3) is 0.172. The minimum atomic E-state index is -4.55. The molecule has 3 heterocycles.